The Bertz CT molecular complexity index is 968. The average Bonchev–Trinajstić information content (AvgIpc) is 3.14. The molecule has 0 bridgehead atoms. The van der Waals surface area contributed by atoms with Crippen LogP contribution in [0.15, 0.2) is 48.5 Å². The zero-order valence-electron chi connectivity index (χ0n) is 14.5. The van der Waals surface area contributed by atoms with Crippen molar-refractivity contribution < 1.29 is 24.1 Å². The van der Waals surface area contributed by atoms with E-state index < -0.39 is 12.1 Å². The van der Waals surface area contributed by atoms with Crippen molar-refractivity contribution in [1.29, 1.82) is 0 Å². The van der Waals surface area contributed by atoms with Gasteiger partial charge in [0.2, 0.25) is 0 Å². The zero-order valence-corrected chi connectivity index (χ0v) is 14.5. The maximum atomic E-state index is 11.7. The molecule has 0 aliphatic carbocycles. The van der Waals surface area contributed by atoms with Crippen LogP contribution in [-0.4, -0.2) is 39.3 Å². The number of para-hydroxylation sites is 2. The van der Waals surface area contributed by atoms with Crippen molar-refractivity contribution >= 4 is 5.97 Å². The van der Waals surface area contributed by atoms with Crippen molar-refractivity contribution in [3.8, 4) is 22.9 Å². The first-order valence-electron chi connectivity index (χ1n) is 8.48. The van der Waals surface area contributed by atoms with Crippen molar-refractivity contribution in [2.24, 2.45) is 0 Å². The van der Waals surface area contributed by atoms with E-state index in [9.17, 15) is 9.90 Å². The van der Waals surface area contributed by atoms with E-state index in [2.05, 4.69) is 10.3 Å². The third-order valence-electron chi connectivity index (χ3n) is 4.11. The third-order valence-corrected chi connectivity index (χ3v) is 4.11. The van der Waals surface area contributed by atoms with Gasteiger partial charge in [0.15, 0.2) is 23.3 Å². The summed E-state index contributed by atoms with van der Waals surface area (Å²) in [5.74, 6) is 0.701. The standard InChI is InChI=1S/C19H17N3O5/c1-2-25-13-9-7-12(8-10-13)22-18(17(19(23)24)20-21-22)16-11-26-14-5-3-4-6-15(14)27-16/h3-10,16H,2,11H2,1H3,(H,23,24). The highest BCUT2D eigenvalue weighted by molar-refractivity contribution is 5.86. The third kappa shape index (κ3) is 3.17. The fourth-order valence-corrected chi connectivity index (χ4v) is 2.93. The van der Waals surface area contributed by atoms with Crippen LogP contribution in [0.4, 0.5) is 0 Å². The highest BCUT2D eigenvalue weighted by atomic mass is 16.6. The number of aromatic carboxylic acids is 1. The van der Waals surface area contributed by atoms with E-state index in [-0.39, 0.29) is 12.3 Å². The first-order chi connectivity index (χ1) is 13.2. The Morgan fingerprint density at radius 1 is 1.22 bits per heavy atom. The lowest BCUT2D eigenvalue weighted by Crippen LogP contribution is -2.25. The molecule has 27 heavy (non-hydrogen) atoms. The molecule has 1 aliphatic rings. The molecular formula is C19H17N3O5. The molecule has 1 N–H and O–H groups in total. The molecule has 0 amide bonds. The summed E-state index contributed by atoms with van der Waals surface area (Å²) >= 11 is 0. The van der Waals surface area contributed by atoms with Crippen molar-refractivity contribution in [3.63, 3.8) is 0 Å². The zero-order chi connectivity index (χ0) is 18.8. The van der Waals surface area contributed by atoms with Gasteiger partial charge in [0, 0.05) is 0 Å². The number of ether oxygens (including phenoxy) is 3. The number of aromatic nitrogens is 3. The van der Waals surface area contributed by atoms with Crippen LogP contribution >= 0.6 is 0 Å². The summed E-state index contributed by atoms with van der Waals surface area (Å²) < 4.78 is 18.6. The number of carbonyl (C=O) groups is 1. The second-order valence-corrected chi connectivity index (χ2v) is 5.83. The minimum absolute atomic E-state index is 0.154. The van der Waals surface area contributed by atoms with Crippen LogP contribution in [0.3, 0.4) is 0 Å². The van der Waals surface area contributed by atoms with E-state index in [1.165, 1.54) is 4.68 Å². The minimum Gasteiger partial charge on any atom is -0.494 e. The molecule has 0 fully saturated rings. The second-order valence-electron chi connectivity index (χ2n) is 5.83. The number of carboxylic acids is 1. The van der Waals surface area contributed by atoms with E-state index in [4.69, 9.17) is 14.2 Å². The molecule has 0 saturated carbocycles. The first-order valence-corrected chi connectivity index (χ1v) is 8.48. The molecule has 2 heterocycles. The number of nitrogens with zero attached hydrogens (tertiary/aromatic N) is 3. The van der Waals surface area contributed by atoms with Gasteiger partial charge in [-0.1, -0.05) is 17.3 Å². The number of hydrogen-bond acceptors (Lipinski definition) is 6. The lowest BCUT2D eigenvalue weighted by atomic mass is 10.1. The largest absolute Gasteiger partial charge is 0.494 e. The molecule has 4 rings (SSSR count). The van der Waals surface area contributed by atoms with Crippen LogP contribution in [0.1, 0.15) is 29.2 Å². The van der Waals surface area contributed by atoms with Gasteiger partial charge in [0.25, 0.3) is 0 Å². The van der Waals surface area contributed by atoms with E-state index >= 15 is 0 Å². The summed E-state index contributed by atoms with van der Waals surface area (Å²) in [6.07, 6.45) is -0.660. The van der Waals surface area contributed by atoms with Crippen LogP contribution in [0, 0.1) is 0 Å². The number of rotatable bonds is 5. The van der Waals surface area contributed by atoms with Gasteiger partial charge in [-0.2, -0.15) is 0 Å². The fourth-order valence-electron chi connectivity index (χ4n) is 2.93. The van der Waals surface area contributed by atoms with Crippen LogP contribution in [0.2, 0.25) is 0 Å². The highest BCUT2D eigenvalue weighted by Crippen LogP contribution is 2.37. The Hall–Kier alpha value is -3.55. The van der Waals surface area contributed by atoms with E-state index in [1.807, 2.05) is 19.1 Å². The number of carboxylic acid groups (broad SMARTS) is 1. The summed E-state index contributed by atoms with van der Waals surface area (Å²) in [7, 11) is 0. The monoisotopic (exact) mass is 367 g/mol. The number of fused-ring (bicyclic) bond motifs is 1. The molecule has 8 nitrogen and oxygen atoms in total. The maximum Gasteiger partial charge on any atom is 0.358 e. The highest BCUT2D eigenvalue weighted by Gasteiger charge is 2.32. The summed E-state index contributed by atoms with van der Waals surface area (Å²) in [5.41, 5.74) is 0.800. The fraction of sp³-hybridized carbons (Fsp3) is 0.211. The summed E-state index contributed by atoms with van der Waals surface area (Å²) in [6.45, 7) is 2.62. The average molecular weight is 367 g/mol. The van der Waals surface area contributed by atoms with Crippen LogP contribution < -0.4 is 14.2 Å². The van der Waals surface area contributed by atoms with Gasteiger partial charge >= 0.3 is 5.97 Å². The molecular weight excluding hydrogens is 350 g/mol. The van der Waals surface area contributed by atoms with E-state index in [0.717, 1.165) is 0 Å². The van der Waals surface area contributed by atoms with Crippen LogP contribution in [0.5, 0.6) is 17.2 Å². The molecule has 2 aromatic carbocycles. The maximum absolute atomic E-state index is 11.7. The Morgan fingerprint density at radius 2 is 1.96 bits per heavy atom. The van der Waals surface area contributed by atoms with Gasteiger partial charge in [-0.05, 0) is 43.3 Å². The van der Waals surface area contributed by atoms with Gasteiger partial charge in [0.05, 0.1) is 12.3 Å². The Morgan fingerprint density at radius 3 is 2.67 bits per heavy atom. The Kier molecular flexibility index (Phi) is 4.37. The van der Waals surface area contributed by atoms with Gasteiger partial charge in [0.1, 0.15) is 18.1 Å². The number of benzene rings is 2. The molecule has 8 heteroatoms. The Balaban J connectivity index is 1.73. The molecule has 0 radical (unpaired) electrons. The first kappa shape index (κ1) is 16.9. The SMILES string of the molecule is CCOc1ccc(-n2nnc(C(=O)O)c2C2COc3ccccc3O2)cc1. The predicted octanol–water partition coefficient (Wildman–Crippen LogP) is 2.88. The molecule has 3 aromatic rings. The van der Waals surface area contributed by atoms with Gasteiger partial charge in [-0.15, -0.1) is 5.10 Å². The molecule has 1 aliphatic heterocycles. The quantitative estimate of drug-likeness (QED) is 0.741. The molecule has 1 atom stereocenters. The summed E-state index contributed by atoms with van der Waals surface area (Å²) in [4.78, 5) is 11.7. The molecule has 1 aromatic heterocycles. The van der Waals surface area contributed by atoms with Gasteiger partial charge in [-0.25, -0.2) is 9.48 Å². The van der Waals surface area contributed by atoms with Gasteiger partial charge in [-0.3, -0.25) is 0 Å². The van der Waals surface area contributed by atoms with Crippen molar-refractivity contribution in [1.82, 2.24) is 15.0 Å². The molecule has 0 spiro atoms. The van der Waals surface area contributed by atoms with Crippen molar-refractivity contribution in [2.75, 3.05) is 13.2 Å². The topological polar surface area (TPSA) is 95.7 Å². The molecule has 1 unspecified atom stereocenters. The lowest BCUT2D eigenvalue weighted by Gasteiger charge is -2.26. The van der Waals surface area contributed by atoms with Crippen LogP contribution in [0.25, 0.3) is 5.69 Å². The minimum atomic E-state index is -1.18. The second kappa shape index (κ2) is 6.99. The van der Waals surface area contributed by atoms with Crippen LogP contribution in [-0.2, 0) is 0 Å². The van der Waals surface area contributed by atoms with Crippen molar-refractivity contribution in [2.45, 2.75) is 13.0 Å². The summed E-state index contributed by atoms with van der Waals surface area (Å²) in [6, 6.07) is 14.4. The van der Waals surface area contributed by atoms with E-state index in [1.54, 1.807) is 36.4 Å². The number of hydrogen-bond donors (Lipinski definition) is 1. The lowest BCUT2D eigenvalue weighted by molar-refractivity contribution is 0.0661. The van der Waals surface area contributed by atoms with Gasteiger partial charge < -0.3 is 19.3 Å². The smallest absolute Gasteiger partial charge is 0.358 e. The molecule has 0 saturated heterocycles. The predicted molar refractivity (Wildman–Crippen MR) is 94.8 cm³/mol. The van der Waals surface area contributed by atoms with E-state index in [0.29, 0.717) is 35.2 Å². The van der Waals surface area contributed by atoms with Crippen molar-refractivity contribution in [3.05, 3.63) is 59.9 Å². The summed E-state index contributed by atoms with van der Waals surface area (Å²) in [5, 5.41) is 17.4. The molecule has 138 valence electrons. The normalized spacial score (nSPS) is 15.4. The Labute approximate surface area is 154 Å².